The van der Waals surface area contributed by atoms with Crippen LogP contribution in [0.1, 0.15) is 19.9 Å². The highest BCUT2D eigenvalue weighted by atomic mass is 19.1. The van der Waals surface area contributed by atoms with Crippen LogP contribution in [0.5, 0.6) is 0 Å². The second-order valence-electron chi connectivity index (χ2n) is 4.17. The Morgan fingerprint density at radius 3 is 2.63 bits per heavy atom. The summed E-state index contributed by atoms with van der Waals surface area (Å²) < 4.78 is 29.2. The molecule has 2 rings (SSSR count). The van der Waals surface area contributed by atoms with Crippen molar-refractivity contribution in [1.29, 1.82) is 0 Å². The molecule has 0 spiro atoms. The number of benzene rings is 1. The predicted molar refractivity (Wildman–Crippen MR) is 62.4 cm³/mol. The van der Waals surface area contributed by atoms with Gasteiger partial charge in [0.2, 0.25) is 5.82 Å². The number of hydrogen-bond acceptors (Lipinski definition) is 4. The fourth-order valence-corrected chi connectivity index (χ4v) is 1.69. The molecule has 0 atom stereocenters. The minimum Gasteiger partial charge on any atom is -0.311 e. The summed E-state index contributed by atoms with van der Waals surface area (Å²) in [4.78, 5) is 9.77. The Bertz CT molecular complexity index is 640. The van der Waals surface area contributed by atoms with Crippen molar-refractivity contribution in [3.05, 3.63) is 40.2 Å². The number of nitrogens with zero attached hydrogens (tertiary/aromatic N) is 4. The van der Waals surface area contributed by atoms with Gasteiger partial charge in [0.15, 0.2) is 5.82 Å². The molecule has 0 radical (unpaired) electrons. The van der Waals surface area contributed by atoms with Gasteiger partial charge in [-0.25, -0.2) is 4.39 Å². The van der Waals surface area contributed by atoms with Crippen molar-refractivity contribution in [3.8, 4) is 11.4 Å². The van der Waals surface area contributed by atoms with Gasteiger partial charge in [0.25, 0.3) is 0 Å². The monoisotopic (exact) mass is 268 g/mol. The van der Waals surface area contributed by atoms with Gasteiger partial charge in [-0.2, -0.15) is 4.39 Å². The third kappa shape index (κ3) is 2.16. The van der Waals surface area contributed by atoms with Crippen LogP contribution in [0.25, 0.3) is 11.4 Å². The Balaban J connectivity index is 2.71. The van der Waals surface area contributed by atoms with Crippen LogP contribution in [0.4, 0.5) is 14.5 Å². The summed E-state index contributed by atoms with van der Waals surface area (Å²) in [5.41, 5.74) is -1.34. The molecule has 0 saturated heterocycles. The second kappa shape index (κ2) is 4.71. The van der Waals surface area contributed by atoms with Gasteiger partial charge in [-0.15, -0.1) is 10.2 Å². The van der Waals surface area contributed by atoms with Gasteiger partial charge in [0.1, 0.15) is 12.1 Å². The number of hydrogen-bond donors (Lipinski definition) is 0. The Morgan fingerprint density at radius 2 is 2.05 bits per heavy atom. The van der Waals surface area contributed by atoms with E-state index in [2.05, 4.69) is 10.2 Å². The van der Waals surface area contributed by atoms with Crippen LogP contribution in [-0.2, 0) is 0 Å². The third-order valence-electron chi connectivity index (χ3n) is 2.62. The molecule has 0 saturated carbocycles. The maximum absolute atomic E-state index is 14.0. The lowest BCUT2D eigenvalue weighted by Gasteiger charge is -2.11. The Hall–Kier alpha value is -2.38. The lowest BCUT2D eigenvalue weighted by atomic mass is 10.1. The van der Waals surface area contributed by atoms with Crippen LogP contribution in [0.2, 0.25) is 0 Å². The summed E-state index contributed by atoms with van der Waals surface area (Å²) in [5.74, 6) is -2.24. The van der Waals surface area contributed by atoms with E-state index in [9.17, 15) is 18.9 Å². The van der Waals surface area contributed by atoms with Gasteiger partial charge in [0.05, 0.1) is 10.5 Å². The zero-order chi connectivity index (χ0) is 14.2. The molecule has 0 fully saturated rings. The molecule has 0 bridgehead atoms. The molecule has 100 valence electrons. The van der Waals surface area contributed by atoms with Crippen molar-refractivity contribution in [2.24, 2.45) is 0 Å². The van der Waals surface area contributed by atoms with Crippen LogP contribution in [0.3, 0.4) is 0 Å². The van der Waals surface area contributed by atoms with E-state index in [1.807, 2.05) is 0 Å². The molecule has 6 nitrogen and oxygen atoms in total. The summed E-state index contributed by atoms with van der Waals surface area (Å²) in [5, 5.41) is 17.9. The molecule has 2 aromatic rings. The number of halogens is 2. The van der Waals surface area contributed by atoms with Crippen molar-refractivity contribution in [2.45, 2.75) is 19.9 Å². The minimum atomic E-state index is -1.25. The first-order chi connectivity index (χ1) is 8.93. The number of nitro benzene ring substituents is 1. The summed E-state index contributed by atoms with van der Waals surface area (Å²) in [6.45, 7) is 3.56. The SMILES string of the molecule is CC(C)n1cnnc1-c1c(F)ccc([N+](=O)[O-])c1F. The van der Waals surface area contributed by atoms with Gasteiger partial charge in [-0.1, -0.05) is 0 Å². The fourth-order valence-electron chi connectivity index (χ4n) is 1.69. The van der Waals surface area contributed by atoms with Crippen molar-refractivity contribution < 1.29 is 13.7 Å². The quantitative estimate of drug-likeness (QED) is 0.633. The van der Waals surface area contributed by atoms with Crippen LogP contribution < -0.4 is 0 Å². The largest absolute Gasteiger partial charge is 0.311 e. The highest BCUT2D eigenvalue weighted by Crippen LogP contribution is 2.31. The van der Waals surface area contributed by atoms with Crippen LogP contribution >= 0.6 is 0 Å². The summed E-state index contributed by atoms with van der Waals surface area (Å²) >= 11 is 0. The lowest BCUT2D eigenvalue weighted by molar-refractivity contribution is -0.387. The van der Waals surface area contributed by atoms with Crippen molar-refractivity contribution in [1.82, 2.24) is 14.8 Å². The molecular formula is C11H10F2N4O2. The fraction of sp³-hybridized carbons (Fsp3) is 0.273. The summed E-state index contributed by atoms with van der Waals surface area (Å²) in [6.07, 6.45) is 1.32. The van der Waals surface area contributed by atoms with E-state index >= 15 is 0 Å². The van der Waals surface area contributed by atoms with Crippen LogP contribution in [0.15, 0.2) is 18.5 Å². The van der Waals surface area contributed by atoms with Crippen LogP contribution in [0, 0.1) is 21.7 Å². The molecular weight excluding hydrogens is 258 g/mol. The molecule has 0 aliphatic carbocycles. The summed E-state index contributed by atoms with van der Waals surface area (Å²) in [6, 6.07) is 1.49. The van der Waals surface area contributed by atoms with Crippen molar-refractivity contribution in [2.75, 3.05) is 0 Å². The Labute approximate surface area is 106 Å². The van der Waals surface area contributed by atoms with E-state index in [4.69, 9.17) is 0 Å². The number of nitro groups is 1. The highest BCUT2D eigenvalue weighted by molar-refractivity contribution is 5.61. The predicted octanol–water partition coefficient (Wildman–Crippen LogP) is 2.71. The van der Waals surface area contributed by atoms with E-state index in [0.717, 1.165) is 12.1 Å². The molecule has 1 aromatic heterocycles. The molecule has 1 heterocycles. The van der Waals surface area contributed by atoms with E-state index in [0.29, 0.717) is 0 Å². The Morgan fingerprint density at radius 1 is 1.37 bits per heavy atom. The molecule has 0 aliphatic heterocycles. The molecule has 19 heavy (non-hydrogen) atoms. The zero-order valence-corrected chi connectivity index (χ0v) is 10.2. The Kier molecular flexibility index (Phi) is 3.24. The number of aromatic nitrogens is 3. The zero-order valence-electron chi connectivity index (χ0n) is 10.2. The first-order valence-electron chi connectivity index (χ1n) is 5.45. The standard InChI is InChI=1S/C11H10F2N4O2/c1-6(2)16-5-14-15-11(16)9-7(12)3-4-8(10(9)13)17(18)19/h3-6H,1-2H3. The molecule has 1 aromatic carbocycles. The molecule has 8 heteroatoms. The van der Waals surface area contributed by atoms with E-state index in [1.54, 1.807) is 13.8 Å². The van der Waals surface area contributed by atoms with Crippen molar-refractivity contribution >= 4 is 5.69 Å². The summed E-state index contributed by atoms with van der Waals surface area (Å²) in [7, 11) is 0. The second-order valence-corrected chi connectivity index (χ2v) is 4.17. The highest BCUT2D eigenvalue weighted by Gasteiger charge is 2.26. The normalized spacial score (nSPS) is 11.0. The molecule has 0 N–H and O–H groups in total. The smallest absolute Gasteiger partial charge is 0.305 e. The third-order valence-corrected chi connectivity index (χ3v) is 2.62. The van der Waals surface area contributed by atoms with Gasteiger partial charge in [-0.05, 0) is 19.9 Å². The van der Waals surface area contributed by atoms with Gasteiger partial charge in [0, 0.05) is 12.1 Å². The van der Waals surface area contributed by atoms with Gasteiger partial charge >= 0.3 is 5.69 Å². The van der Waals surface area contributed by atoms with Gasteiger partial charge < -0.3 is 4.57 Å². The number of rotatable bonds is 3. The van der Waals surface area contributed by atoms with Crippen molar-refractivity contribution in [3.63, 3.8) is 0 Å². The molecule has 0 aliphatic rings. The molecule has 0 unspecified atom stereocenters. The van der Waals surface area contributed by atoms with Gasteiger partial charge in [-0.3, -0.25) is 10.1 Å². The first kappa shape index (κ1) is 13.1. The first-order valence-corrected chi connectivity index (χ1v) is 5.45. The van der Waals surface area contributed by atoms with E-state index in [-0.39, 0.29) is 11.9 Å². The molecule has 0 amide bonds. The lowest BCUT2D eigenvalue weighted by Crippen LogP contribution is -2.06. The van der Waals surface area contributed by atoms with Crippen LogP contribution in [-0.4, -0.2) is 19.7 Å². The van der Waals surface area contributed by atoms with E-state index in [1.165, 1.54) is 10.9 Å². The maximum atomic E-state index is 14.0. The topological polar surface area (TPSA) is 73.8 Å². The minimum absolute atomic E-state index is 0.0753. The van der Waals surface area contributed by atoms with E-state index < -0.39 is 27.8 Å². The average Bonchev–Trinajstić information content (AvgIpc) is 2.77. The average molecular weight is 268 g/mol. The maximum Gasteiger partial charge on any atom is 0.305 e.